The van der Waals surface area contributed by atoms with Crippen LogP contribution in [0.25, 0.3) is 0 Å². The number of nitrogens with one attached hydrogen (secondary N) is 1. The third-order valence-corrected chi connectivity index (χ3v) is 4.36. The number of aryl methyl sites for hydroxylation is 1. The molecule has 2 aromatic rings. The zero-order chi connectivity index (χ0) is 19.9. The van der Waals surface area contributed by atoms with E-state index in [1.165, 1.54) is 31.0 Å². The minimum atomic E-state index is -0.745. The third-order valence-electron chi connectivity index (χ3n) is 4.36. The van der Waals surface area contributed by atoms with Gasteiger partial charge in [0.1, 0.15) is 29.8 Å². The zero-order valence-electron chi connectivity index (χ0n) is 16.2. The van der Waals surface area contributed by atoms with Crippen LogP contribution in [0.15, 0.2) is 30.3 Å². The highest BCUT2D eigenvalue weighted by Crippen LogP contribution is 2.21. The van der Waals surface area contributed by atoms with Crippen molar-refractivity contribution in [3.8, 4) is 11.6 Å². The monoisotopic (exact) mass is 388 g/mol. The lowest BCUT2D eigenvalue weighted by Crippen LogP contribution is -2.38. The standard InChI is InChI=1S/C20H25FN4O3/c1-14(28-17-7-5-6-16(21)12-17)20(26)22-8-11-27-19-13-18(23-15(2)24-19)25-9-3-4-10-25/h5-7,12-14H,3-4,8-11H2,1-2H3,(H,22,26). The van der Waals surface area contributed by atoms with Crippen molar-refractivity contribution >= 4 is 11.7 Å². The van der Waals surface area contributed by atoms with Crippen molar-refractivity contribution in [2.45, 2.75) is 32.8 Å². The number of hydrogen-bond donors (Lipinski definition) is 1. The third kappa shape index (κ3) is 5.55. The van der Waals surface area contributed by atoms with E-state index in [2.05, 4.69) is 20.2 Å². The summed E-state index contributed by atoms with van der Waals surface area (Å²) in [5.74, 6) is 1.62. The average molecular weight is 388 g/mol. The van der Waals surface area contributed by atoms with Crippen LogP contribution in [-0.4, -0.2) is 48.2 Å². The molecule has 1 saturated heterocycles. The number of carbonyl (C=O) groups is 1. The van der Waals surface area contributed by atoms with E-state index in [0.29, 0.717) is 24.0 Å². The minimum Gasteiger partial charge on any atom is -0.481 e. The Bertz CT molecular complexity index is 812. The Morgan fingerprint density at radius 1 is 1.29 bits per heavy atom. The second kappa shape index (κ2) is 9.34. The van der Waals surface area contributed by atoms with Crippen molar-refractivity contribution in [1.82, 2.24) is 15.3 Å². The van der Waals surface area contributed by atoms with Gasteiger partial charge in [0.05, 0.1) is 6.54 Å². The first-order chi connectivity index (χ1) is 13.5. The highest BCUT2D eigenvalue weighted by molar-refractivity contribution is 5.80. The van der Waals surface area contributed by atoms with Gasteiger partial charge < -0.3 is 19.7 Å². The van der Waals surface area contributed by atoms with E-state index >= 15 is 0 Å². The van der Waals surface area contributed by atoms with Crippen molar-refractivity contribution < 1.29 is 18.7 Å². The molecule has 1 aliphatic heterocycles. The molecule has 1 N–H and O–H groups in total. The number of nitrogens with zero attached hydrogens (tertiary/aromatic N) is 3. The van der Waals surface area contributed by atoms with Gasteiger partial charge in [0.2, 0.25) is 5.88 Å². The number of amides is 1. The van der Waals surface area contributed by atoms with Gasteiger partial charge in [-0.05, 0) is 38.8 Å². The van der Waals surface area contributed by atoms with Gasteiger partial charge in [0, 0.05) is 25.2 Å². The summed E-state index contributed by atoms with van der Waals surface area (Å²) in [4.78, 5) is 23.1. The molecular weight excluding hydrogens is 363 g/mol. The Balaban J connectivity index is 1.44. The molecule has 0 spiro atoms. The van der Waals surface area contributed by atoms with Crippen molar-refractivity contribution in [2.24, 2.45) is 0 Å². The van der Waals surface area contributed by atoms with Gasteiger partial charge in [0.25, 0.3) is 5.91 Å². The first kappa shape index (κ1) is 19.9. The highest BCUT2D eigenvalue weighted by Gasteiger charge is 2.16. The second-order valence-corrected chi connectivity index (χ2v) is 6.66. The molecule has 1 aromatic heterocycles. The largest absolute Gasteiger partial charge is 0.481 e. The predicted octanol–water partition coefficient (Wildman–Crippen LogP) is 2.49. The Morgan fingerprint density at radius 3 is 2.82 bits per heavy atom. The molecule has 7 nitrogen and oxygen atoms in total. The number of carbonyl (C=O) groups excluding carboxylic acids is 1. The van der Waals surface area contributed by atoms with Gasteiger partial charge in [-0.15, -0.1) is 0 Å². The fraction of sp³-hybridized carbons (Fsp3) is 0.450. The Hall–Kier alpha value is -2.90. The molecule has 1 fully saturated rings. The summed E-state index contributed by atoms with van der Waals surface area (Å²) >= 11 is 0. The van der Waals surface area contributed by atoms with E-state index in [9.17, 15) is 9.18 Å². The Labute approximate surface area is 163 Å². The van der Waals surface area contributed by atoms with Crippen molar-refractivity contribution in [1.29, 1.82) is 0 Å². The number of anilines is 1. The van der Waals surface area contributed by atoms with Crippen LogP contribution >= 0.6 is 0 Å². The van der Waals surface area contributed by atoms with Crippen LogP contribution in [-0.2, 0) is 4.79 Å². The number of benzene rings is 1. The summed E-state index contributed by atoms with van der Waals surface area (Å²) in [7, 11) is 0. The summed E-state index contributed by atoms with van der Waals surface area (Å²) in [5.41, 5.74) is 0. The molecule has 1 aliphatic rings. The average Bonchev–Trinajstić information content (AvgIpc) is 3.19. The van der Waals surface area contributed by atoms with E-state index in [0.717, 1.165) is 18.9 Å². The maximum absolute atomic E-state index is 13.2. The fourth-order valence-corrected chi connectivity index (χ4v) is 2.98. The van der Waals surface area contributed by atoms with Crippen LogP contribution in [0.3, 0.4) is 0 Å². The number of hydrogen-bond acceptors (Lipinski definition) is 6. The molecule has 1 unspecified atom stereocenters. The smallest absolute Gasteiger partial charge is 0.260 e. The van der Waals surface area contributed by atoms with Crippen LogP contribution in [0, 0.1) is 12.7 Å². The minimum absolute atomic E-state index is 0.272. The summed E-state index contributed by atoms with van der Waals surface area (Å²) < 4.78 is 24.3. The molecular formula is C20H25FN4O3. The molecule has 0 saturated carbocycles. The van der Waals surface area contributed by atoms with Gasteiger partial charge in [-0.2, -0.15) is 4.98 Å². The van der Waals surface area contributed by atoms with Gasteiger partial charge in [-0.3, -0.25) is 4.79 Å². The quantitative estimate of drug-likeness (QED) is 0.700. The molecule has 1 amide bonds. The Kier molecular flexibility index (Phi) is 6.62. The van der Waals surface area contributed by atoms with Crippen LogP contribution < -0.4 is 19.7 Å². The van der Waals surface area contributed by atoms with E-state index in [1.807, 2.05) is 13.0 Å². The highest BCUT2D eigenvalue weighted by atomic mass is 19.1. The van der Waals surface area contributed by atoms with E-state index < -0.39 is 11.9 Å². The van der Waals surface area contributed by atoms with E-state index in [4.69, 9.17) is 9.47 Å². The molecule has 8 heteroatoms. The summed E-state index contributed by atoms with van der Waals surface area (Å²) in [6, 6.07) is 7.52. The maximum Gasteiger partial charge on any atom is 0.260 e. The Morgan fingerprint density at radius 2 is 2.07 bits per heavy atom. The van der Waals surface area contributed by atoms with E-state index in [1.54, 1.807) is 13.0 Å². The molecule has 1 aromatic carbocycles. The first-order valence-electron chi connectivity index (χ1n) is 9.44. The van der Waals surface area contributed by atoms with Crippen LogP contribution in [0.2, 0.25) is 0 Å². The second-order valence-electron chi connectivity index (χ2n) is 6.66. The first-order valence-corrected chi connectivity index (χ1v) is 9.44. The molecule has 150 valence electrons. The number of halogens is 1. The fourth-order valence-electron chi connectivity index (χ4n) is 2.98. The normalized spacial score (nSPS) is 14.6. The maximum atomic E-state index is 13.2. The lowest BCUT2D eigenvalue weighted by molar-refractivity contribution is -0.127. The van der Waals surface area contributed by atoms with Crippen LogP contribution in [0.5, 0.6) is 11.6 Å². The lowest BCUT2D eigenvalue weighted by Gasteiger charge is -2.18. The van der Waals surface area contributed by atoms with Crippen molar-refractivity contribution in [3.63, 3.8) is 0 Å². The SMILES string of the molecule is Cc1nc(OCCNC(=O)C(C)Oc2cccc(F)c2)cc(N2CCCC2)n1. The van der Waals surface area contributed by atoms with Gasteiger partial charge in [0.15, 0.2) is 6.10 Å². The van der Waals surface area contributed by atoms with Crippen LogP contribution in [0.1, 0.15) is 25.6 Å². The molecule has 1 atom stereocenters. The number of rotatable bonds is 8. The topological polar surface area (TPSA) is 76.6 Å². The summed E-state index contributed by atoms with van der Waals surface area (Å²) in [6.07, 6.45) is 1.59. The molecule has 2 heterocycles. The van der Waals surface area contributed by atoms with E-state index in [-0.39, 0.29) is 12.5 Å². The number of ether oxygens (including phenoxy) is 2. The van der Waals surface area contributed by atoms with Crippen LogP contribution in [0.4, 0.5) is 10.2 Å². The predicted molar refractivity (Wildman–Crippen MR) is 103 cm³/mol. The number of aromatic nitrogens is 2. The van der Waals surface area contributed by atoms with Gasteiger partial charge >= 0.3 is 0 Å². The van der Waals surface area contributed by atoms with Crippen molar-refractivity contribution in [2.75, 3.05) is 31.1 Å². The zero-order valence-corrected chi connectivity index (χ0v) is 16.2. The van der Waals surface area contributed by atoms with Crippen molar-refractivity contribution in [3.05, 3.63) is 42.0 Å². The van der Waals surface area contributed by atoms with Gasteiger partial charge in [-0.1, -0.05) is 6.07 Å². The molecule has 0 aliphatic carbocycles. The molecule has 0 radical (unpaired) electrons. The van der Waals surface area contributed by atoms with Gasteiger partial charge in [-0.25, -0.2) is 9.37 Å². The molecule has 0 bridgehead atoms. The lowest BCUT2D eigenvalue weighted by atomic mass is 10.3. The summed E-state index contributed by atoms with van der Waals surface area (Å²) in [5, 5.41) is 2.74. The summed E-state index contributed by atoms with van der Waals surface area (Å²) in [6.45, 7) is 6.01. The molecule has 28 heavy (non-hydrogen) atoms. The molecule has 3 rings (SSSR count).